The zero-order chi connectivity index (χ0) is 31.0. The summed E-state index contributed by atoms with van der Waals surface area (Å²) in [6, 6.07) is 14.2. The van der Waals surface area contributed by atoms with Crippen molar-refractivity contribution in [1.82, 2.24) is 19.8 Å². The third-order valence-electron chi connectivity index (χ3n) is 9.06. The average Bonchev–Trinajstić information content (AvgIpc) is 3.29. The number of hydrogen-bond donors (Lipinski definition) is 0. The molecule has 230 valence electrons. The Labute approximate surface area is 256 Å². The number of benzene rings is 2. The van der Waals surface area contributed by atoms with Crippen LogP contribution in [-0.2, 0) is 17.8 Å². The van der Waals surface area contributed by atoms with Gasteiger partial charge in [-0.05, 0) is 43.5 Å². The van der Waals surface area contributed by atoms with E-state index in [9.17, 15) is 18.8 Å². The zero-order valence-electron chi connectivity index (χ0n) is 25.2. The molecule has 0 spiro atoms. The summed E-state index contributed by atoms with van der Waals surface area (Å²) in [5, 5.41) is 11.9. The molecule has 2 fully saturated rings. The number of piperazine rings is 1. The molecule has 0 N–H and O–H groups in total. The minimum absolute atomic E-state index is 0.0508. The van der Waals surface area contributed by atoms with Crippen LogP contribution in [0, 0.1) is 18.3 Å². The topological polar surface area (TPSA) is 88.8 Å². The average molecular weight is 602 g/mol. The first kappa shape index (κ1) is 29.8. The van der Waals surface area contributed by atoms with Gasteiger partial charge in [0.05, 0.1) is 37.3 Å². The Morgan fingerprint density at radius 1 is 1.16 bits per heavy atom. The fraction of sp³-hybridized carbons (Fsp3) is 0.455. The number of likely N-dealkylation sites (N-methyl/N-ethyl adjacent to an activating group) is 1. The Morgan fingerprint density at radius 2 is 1.95 bits per heavy atom. The smallest absolute Gasteiger partial charge is 0.318 e. The van der Waals surface area contributed by atoms with E-state index >= 15 is 0 Å². The molecule has 4 heterocycles. The highest BCUT2D eigenvalue weighted by Crippen LogP contribution is 2.36. The van der Waals surface area contributed by atoms with Gasteiger partial charge in [0.2, 0.25) is 5.91 Å². The Kier molecular flexibility index (Phi) is 8.12. The number of rotatable bonds is 7. The number of aromatic nitrogens is 2. The number of carbonyl (C=O) groups is 1. The second-order valence-electron chi connectivity index (χ2n) is 12.0. The summed E-state index contributed by atoms with van der Waals surface area (Å²) < 4.78 is 34.2. The number of nitrogens with zero attached hydrogens (tertiary/aromatic N) is 7. The summed E-state index contributed by atoms with van der Waals surface area (Å²) in [6.07, 6.45) is 1.89. The normalized spacial score (nSPS) is 21.7. The summed E-state index contributed by atoms with van der Waals surface area (Å²) in [5.74, 6) is -2.23. The van der Waals surface area contributed by atoms with Crippen molar-refractivity contribution in [3.63, 3.8) is 0 Å². The predicted molar refractivity (Wildman–Crippen MR) is 165 cm³/mol. The Hall–Kier alpha value is -4.30. The van der Waals surface area contributed by atoms with E-state index in [4.69, 9.17) is 14.7 Å². The number of aryl methyl sites for hydroxylation is 1. The minimum Gasteiger partial charge on any atom is -0.462 e. The molecular weight excluding hydrogens is 564 g/mol. The van der Waals surface area contributed by atoms with Gasteiger partial charge in [-0.15, -0.1) is 0 Å². The van der Waals surface area contributed by atoms with Gasteiger partial charge >= 0.3 is 6.01 Å². The fourth-order valence-electron chi connectivity index (χ4n) is 6.84. The van der Waals surface area contributed by atoms with E-state index in [-0.39, 0.29) is 44.0 Å². The van der Waals surface area contributed by atoms with Crippen LogP contribution >= 0.6 is 0 Å². The number of carbonyl (C=O) groups excluding carboxylic acids is 1. The Bertz CT molecular complexity index is 1620. The molecule has 3 aliphatic heterocycles. The molecule has 0 radical (unpaired) electrons. The molecule has 44 heavy (non-hydrogen) atoms. The van der Waals surface area contributed by atoms with E-state index in [0.717, 1.165) is 29.3 Å². The lowest BCUT2D eigenvalue weighted by Crippen LogP contribution is -2.55. The molecule has 0 aliphatic carbocycles. The number of likely N-dealkylation sites (tertiary alicyclic amines) is 1. The fourth-order valence-corrected chi connectivity index (χ4v) is 6.84. The molecule has 1 aromatic heterocycles. The van der Waals surface area contributed by atoms with Gasteiger partial charge in [0.15, 0.2) is 0 Å². The third-order valence-corrected chi connectivity index (χ3v) is 9.06. The van der Waals surface area contributed by atoms with Crippen LogP contribution in [0.5, 0.6) is 6.01 Å². The van der Waals surface area contributed by atoms with E-state index in [0.29, 0.717) is 32.6 Å². The van der Waals surface area contributed by atoms with Crippen LogP contribution in [-0.4, -0.2) is 90.1 Å². The number of anilines is 2. The summed E-state index contributed by atoms with van der Waals surface area (Å²) >= 11 is 0. The number of nitriles is 1. The van der Waals surface area contributed by atoms with Gasteiger partial charge in [0.25, 0.3) is 5.92 Å². The van der Waals surface area contributed by atoms with Crippen molar-refractivity contribution in [1.29, 1.82) is 5.26 Å². The lowest BCUT2D eigenvalue weighted by Gasteiger charge is -2.42. The highest BCUT2D eigenvalue weighted by Gasteiger charge is 2.43. The van der Waals surface area contributed by atoms with E-state index < -0.39 is 12.0 Å². The van der Waals surface area contributed by atoms with Crippen LogP contribution in [0.1, 0.15) is 29.7 Å². The van der Waals surface area contributed by atoms with Crippen LogP contribution in [0.2, 0.25) is 0 Å². The molecule has 3 aromatic rings. The second-order valence-corrected chi connectivity index (χ2v) is 12.0. The summed E-state index contributed by atoms with van der Waals surface area (Å²) in [7, 11) is 1.68. The highest BCUT2D eigenvalue weighted by molar-refractivity contribution is 5.97. The molecule has 6 rings (SSSR count). The zero-order valence-corrected chi connectivity index (χ0v) is 25.2. The van der Waals surface area contributed by atoms with Crippen molar-refractivity contribution in [2.75, 3.05) is 56.2 Å². The van der Waals surface area contributed by atoms with Gasteiger partial charge < -0.3 is 19.4 Å². The number of hydrogen-bond acceptors (Lipinski definition) is 8. The predicted octanol–water partition coefficient (Wildman–Crippen LogP) is 4.34. The Balaban J connectivity index is 1.34. The van der Waals surface area contributed by atoms with Crippen molar-refractivity contribution in [3.8, 4) is 12.1 Å². The lowest BCUT2D eigenvalue weighted by molar-refractivity contribution is -0.128. The molecule has 11 heteroatoms. The standard InChI is InChI=1S/C33H37F2N7O2/c1-4-29(43)42-16-15-41(18-24(42)11-13-36)31-26-12-14-40(28-10-6-9-23-8-5-7-22(2)30(23)28)19-27(26)37-32(38-31)44-20-25-17-33(34,35)21-39(25)3/h4-10,24-25H,1,11-12,14-21H2,2-3H3. The van der Waals surface area contributed by atoms with Crippen LogP contribution < -0.4 is 14.5 Å². The molecule has 9 nitrogen and oxygen atoms in total. The second kappa shape index (κ2) is 12.0. The summed E-state index contributed by atoms with van der Waals surface area (Å²) in [6.45, 7) is 8.16. The van der Waals surface area contributed by atoms with Crippen LogP contribution in [0.3, 0.4) is 0 Å². The van der Waals surface area contributed by atoms with Crippen LogP contribution in [0.25, 0.3) is 10.8 Å². The van der Waals surface area contributed by atoms with E-state index in [2.05, 4.69) is 65.8 Å². The largest absolute Gasteiger partial charge is 0.462 e. The highest BCUT2D eigenvalue weighted by atomic mass is 19.3. The third kappa shape index (κ3) is 5.78. The van der Waals surface area contributed by atoms with Gasteiger partial charge in [0.1, 0.15) is 12.4 Å². The molecule has 3 aliphatic rings. The molecular formula is C33H37F2N7O2. The maximum atomic E-state index is 14.1. The SMILES string of the molecule is C=CC(=O)N1CCN(c2nc(OCC3CC(F)(F)CN3C)nc3c2CCN(c2cccc4cccc(C)c24)C3)CC1CC#N. The van der Waals surface area contributed by atoms with Gasteiger partial charge in [-0.3, -0.25) is 9.69 Å². The number of halogens is 2. The quantitative estimate of drug-likeness (QED) is 0.370. The van der Waals surface area contributed by atoms with Crippen molar-refractivity contribution < 1.29 is 18.3 Å². The molecule has 0 saturated carbocycles. The van der Waals surface area contributed by atoms with Crippen LogP contribution in [0.4, 0.5) is 20.3 Å². The molecule has 1 amide bonds. The van der Waals surface area contributed by atoms with Gasteiger partial charge in [-0.2, -0.15) is 15.2 Å². The van der Waals surface area contributed by atoms with E-state index in [1.807, 2.05) is 0 Å². The first-order valence-electron chi connectivity index (χ1n) is 15.1. The van der Waals surface area contributed by atoms with Gasteiger partial charge in [-0.25, -0.2) is 8.78 Å². The molecule has 2 unspecified atom stereocenters. The van der Waals surface area contributed by atoms with Crippen LogP contribution in [0.15, 0.2) is 49.1 Å². The van der Waals surface area contributed by atoms with Crippen molar-refractivity contribution >= 4 is 28.2 Å². The lowest BCUT2D eigenvalue weighted by atomic mass is 9.99. The molecule has 2 saturated heterocycles. The number of ether oxygens (including phenoxy) is 1. The summed E-state index contributed by atoms with van der Waals surface area (Å²) in [5.41, 5.74) is 4.17. The van der Waals surface area contributed by atoms with Gasteiger partial charge in [-0.1, -0.05) is 36.9 Å². The van der Waals surface area contributed by atoms with Crippen molar-refractivity contribution in [2.45, 2.75) is 50.7 Å². The monoisotopic (exact) mass is 601 g/mol. The Morgan fingerprint density at radius 3 is 2.68 bits per heavy atom. The summed E-state index contributed by atoms with van der Waals surface area (Å²) in [4.78, 5) is 29.9. The van der Waals surface area contributed by atoms with Crippen molar-refractivity contribution in [3.05, 3.63) is 65.9 Å². The minimum atomic E-state index is -2.75. The molecule has 2 aromatic carbocycles. The first-order chi connectivity index (χ1) is 21.2. The maximum Gasteiger partial charge on any atom is 0.318 e. The first-order valence-corrected chi connectivity index (χ1v) is 15.1. The number of alkyl halides is 2. The van der Waals surface area contributed by atoms with E-state index in [1.54, 1.807) is 16.8 Å². The molecule has 0 bridgehead atoms. The number of amides is 1. The molecule has 2 atom stereocenters. The number of fused-ring (bicyclic) bond motifs is 2. The maximum absolute atomic E-state index is 14.1. The van der Waals surface area contributed by atoms with E-state index in [1.165, 1.54) is 22.4 Å². The van der Waals surface area contributed by atoms with Gasteiger partial charge in [0, 0.05) is 55.3 Å². The van der Waals surface area contributed by atoms with Crippen molar-refractivity contribution in [2.24, 2.45) is 0 Å².